The van der Waals surface area contributed by atoms with Crippen molar-refractivity contribution in [3.63, 3.8) is 0 Å². The lowest BCUT2D eigenvalue weighted by molar-refractivity contribution is -0.384. The van der Waals surface area contributed by atoms with Crippen molar-refractivity contribution in [2.24, 2.45) is 11.8 Å². The van der Waals surface area contributed by atoms with Gasteiger partial charge in [-0.25, -0.2) is 0 Å². The second kappa shape index (κ2) is 6.43. The monoisotopic (exact) mass is 370 g/mol. The third-order valence-electron chi connectivity index (χ3n) is 3.87. The van der Waals surface area contributed by atoms with Crippen LogP contribution in [0.25, 0.3) is 0 Å². The number of aliphatic carboxylic acids is 1. The summed E-state index contributed by atoms with van der Waals surface area (Å²) in [5.41, 5.74) is 0.589. The van der Waals surface area contributed by atoms with Gasteiger partial charge in [0.25, 0.3) is 5.69 Å². The van der Waals surface area contributed by atoms with Crippen LogP contribution in [0.1, 0.15) is 12.5 Å². The average molecular weight is 371 g/mol. The number of carbonyl (C=O) groups is 2. The van der Waals surface area contributed by atoms with Crippen molar-refractivity contribution in [2.75, 3.05) is 13.1 Å². The molecular formula is C14H15BrN2O5. The predicted octanol–water partition coefficient (Wildman–Crippen LogP) is 2.08. The van der Waals surface area contributed by atoms with Crippen LogP contribution in [0.4, 0.5) is 5.69 Å². The highest BCUT2D eigenvalue weighted by Crippen LogP contribution is 2.26. The first-order valence-electron chi connectivity index (χ1n) is 6.73. The van der Waals surface area contributed by atoms with Gasteiger partial charge in [-0.1, -0.05) is 28.9 Å². The molecular weight excluding hydrogens is 356 g/mol. The summed E-state index contributed by atoms with van der Waals surface area (Å²) in [6.07, 6.45) is 0.0810. The second-order valence-corrected chi connectivity index (χ2v) is 6.28. The first kappa shape index (κ1) is 16.4. The van der Waals surface area contributed by atoms with Gasteiger partial charge < -0.3 is 10.0 Å². The summed E-state index contributed by atoms with van der Waals surface area (Å²) in [4.78, 5) is 35.1. The molecule has 7 nitrogen and oxygen atoms in total. The predicted molar refractivity (Wildman–Crippen MR) is 81.4 cm³/mol. The van der Waals surface area contributed by atoms with E-state index in [4.69, 9.17) is 5.11 Å². The van der Waals surface area contributed by atoms with Gasteiger partial charge in [-0.2, -0.15) is 0 Å². The van der Waals surface area contributed by atoms with Gasteiger partial charge in [0.15, 0.2) is 0 Å². The number of nitro groups is 1. The smallest absolute Gasteiger partial charge is 0.308 e. The zero-order valence-corrected chi connectivity index (χ0v) is 13.4. The summed E-state index contributed by atoms with van der Waals surface area (Å²) in [6.45, 7) is 2.44. The highest BCUT2D eigenvalue weighted by Gasteiger charge is 2.36. The fraction of sp³-hybridized carbons (Fsp3) is 0.429. The lowest BCUT2D eigenvalue weighted by Crippen LogP contribution is -2.31. The third kappa shape index (κ3) is 3.44. The van der Waals surface area contributed by atoms with Crippen molar-refractivity contribution in [3.05, 3.63) is 38.3 Å². The number of non-ortho nitro benzene ring substituents is 1. The molecule has 118 valence electrons. The van der Waals surface area contributed by atoms with Crippen molar-refractivity contribution in [2.45, 2.75) is 13.3 Å². The Labute approximate surface area is 135 Å². The third-order valence-corrected chi connectivity index (χ3v) is 4.61. The Morgan fingerprint density at radius 3 is 2.64 bits per heavy atom. The van der Waals surface area contributed by atoms with E-state index in [9.17, 15) is 19.7 Å². The number of carbonyl (C=O) groups excluding carboxylic acids is 1. The van der Waals surface area contributed by atoms with E-state index in [2.05, 4.69) is 15.9 Å². The molecule has 22 heavy (non-hydrogen) atoms. The fourth-order valence-corrected chi connectivity index (χ4v) is 3.07. The van der Waals surface area contributed by atoms with Crippen LogP contribution in [0, 0.1) is 22.0 Å². The van der Waals surface area contributed by atoms with Crippen molar-refractivity contribution >= 4 is 33.5 Å². The maximum absolute atomic E-state index is 12.3. The Hall–Kier alpha value is -1.96. The minimum Gasteiger partial charge on any atom is -0.481 e. The zero-order valence-electron chi connectivity index (χ0n) is 11.9. The van der Waals surface area contributed by atoms with Crippen LogP contribution in [0.2, 0.25) is 0 Å². The molecule has 0 aliphatic carbocycles. The molecule has 1 aromatic carbocycles. The fourth-order valence-electron chi connectivity index (χ4n) is 2.56. The lowest BCUT2D eigenvalue weighted by Gasteiger charge is -2.16. The molecule has 8 heteroatoms. The Morgan fingerprint density at radius 2 is 2.14 bits per heavy atom. The molecule has 0 saturated carbocycles. The first-order valence-corrected chi connectivity index (χ1v) is 7.52. The molecule has 1 aliphatic rings. The van der Waals surface area contributed by atoms with Gasteiger partial charge in [0.1, 0.15) is 0 Å². The lowest BCUT2D eigenvalue weighted by atomic mass is 9.99. The quantitative estimate of drug-likeness (QED) is 0.645. The van der Waals surface area contributed by atoms with Crippen molar-refractivity contribution in [1.29, 1.82) is 0 Å². The van der Waals surface area contributed by atoms with Crippen LogP contribution in [-0.2, 0) is 16.0 Å². The number of carboxylic acid groups (broad SMARTS) is 1. The molecule has 2 atom stereocenters. The standard InChI is InChI=1S/C14H15BrN2O5/c1-8-6-16(7-11(8)14(19)20)13(18)4-9-2-3-10(17(21)22)5-12(9)15/h2-3,5,8,11H,4,6-7H2,1H3,(H,19,20)/t8-,11-/m1/s1. The number of benzene rings is 1. The summed E-state index contributed by atoms with van der Waals surface area (Å²) in [5.74, 6) is -1.68. The Balaban J connectivity index is 2.07. The van der Waals surface area contributed by atoms with E-state index < -0.39 is 16.8 Å². The summed E-state index contributed by atoms with van der Waals surface area (Å²) in [5, 5.41) is 19.8. The van der Waals surface area contributed by atoms with Gasteiger partial charge >= 0.3 is 5.97 Å². The van der Waals surface area contributed by atoms with E-state index in [1.807, 2.05) is 6.92 Å². The van der Waals surface area contributed by atoms with Crippen LogP contribution in [0.15, 0.2) is 22.7 Å². The highest BCUT2D eigenvalue weighted by molar-refractivity contribution is 9.10. The Morgan fingerprint density at radius 1 is 1.45 bits per heavy atom. The van der Waals surface area contributed by atoms with Gasteiger partial charge in [0, 0.05) is 29.7 Å². The SMILES string of the molecule is C[C@@H]1CN(C(=O)Cc2ccc([N+](=O)[O-])cc2Br)C[C@H]1C(=O)O. The minimum atomic E-state index is -0.890. The number of halogens is 1. The molecule has 1 aromatic rings. The van der Waals surface area contributed by atoms with Gasteiger partial charge in [0.05, 0.1) is 17.3 Å². The first-order chi connectivity index (χ1) is 10.3. The van der Waals surface area contributed by atoms with Crippen LogP contribution < -0.4 is 0 Å². The molecule has 1 aliphatic heterocycles. The molecule has 0 unspecified atom stereocenters. The van der Waals surface area contributed by atoms with Crippen molar-refractivity contribution < 1.29 is 19.6 Å². The molecule has 1 heterocycles. The number of rotatable bonds is 4. The normalized spacial score (nSPS) is 20.9. The number of nitro benzene ring substituents is 1. The highest BCUT2D eigenvalue weighted by atomic mass is 79.9. The summed E-state index contributed by atoms with van der Waals surface area (Å²) < 4.78 is 0.497. The molecule has 1 N–H and O–H groups in total. The molecule has 0 radical (unpaired) electrons. The number of likely N-dealkylation sites (tertiary alicyclic amines) is 1. The minimum absolute atomic E-state index is 0.0520. The second-order valence-electron chi connectivity index (χ2n) is 5.43. The van der Waals surface area contributed by atoms with E-state index in [1.165, 1.54) is 23.1 Å². The largest absolute Gasteiger partial charge is 0.481 e. The molecule has 0 aromatic heterocycles. The maximum Gasteiger partial charge on any atom is 0.308 e. The van der Waals surface area contributed by atoms with Gasteiger partial charge in [0.2, 0.25) is 5.91 Å². The van der Waals surface area contributed by atoms with Gasteiger partial charge in [-0.3, -0.25) is 19.7 Å². The van der Waals surface area contributed by atoms with E-state index >= 15 is 0 Å². The number of nitrogens with zero attached hydrogens (tertiary/aromatic N) is 2. The summed E-state index contributed by atoms with van der Waals surface area (Å²) >= 11 is 3.23. The van der Waals surface area contributed by atoms with E-state index in [1.54, 1.807) is 0 Å². The number of carboxylic acids is 1. The summed E-state index contributed by atoms with van der Waals surface area (Å²) in [6, 6.07) is 4.24. The molecule has 2 rings (SSSR count). The topological polar surface area (TPSA) is 101 Å². The average Bonchev–Trinajstić information content (AvgIpc) is 2.83. The van der Waals surface area contributed by atoms with Gasteiger partial charge in [-0.15, -0.1) is 0 Å². The van der Waals surface area contributed by atoms with Crippen LogP contribution in [0.3, 0.4) is 0 Å². The number of hydrogen-bond acceptors (Lipinski definition) is 4. The van der Waals surface area contributed by atoms with E-state index in [0.717, 1.165) is 0 Å². The summed E-state index contributed by atoms with van der Waals surface area (Å²) in [7, 11) is 0. The maximum atomic E-state index is 12.3. The molecule has 0 spiro atoms. The van der Waals surface area contributed by atoms with Gasteiger partial charge in [-0.05, 0) is 11.5 Å². The number of amides is 1. The van der Waals surface area contributed by atoms with E-state index in [0.29, 0.717) is 16.6 Å². The van der Waals surface area contributed by atoms with Crippen LogP contribution >= 0.6 is 15.9 Å². The Kier molecular flexibility index (Phi) is 4.80. The number of hydrogen-bond donors (Lipinski definition) is 1. The Bertz CT molecular complexity index is 634. The van der Waals surface area contributed by atoms with Crippen LogP contribution in [0.5, 0.6) is 0 Å². The van der Waals surface area contributed by atoms with E-state index in [-0.39, 0.29) is 30.5 Å². The molecule has 0 bridgehead atoms. The molecule has 1 fully saturated rings. The van der Waals surface area contributed by atoms with Crippen molar-refractivity contribution in [3.8, 4) is 0 Å². The molecule has 1 saturated heterocycles. The molecule has 1 amide bonds. The van der Waals surface area contributed by atoms with Crippen LogP contribution in [-0.4, -0.2) is 39.9 Å². The van der Waals surface area contributed by atoms with Crippen molar-refractivity contribution in [1.82, 2.24) is 4.90 Å². The zero-order chi connectivity index (χ0) is 16.4.